The average Bonchev–Trinajstić information content (AvgIpc) is 3.50. The molecule has 3 atom stereocenters. The number of azo groups is 1. The van der Waals surface area contributed by atoms with Gasteiger partial charge in [0.05, 0.1) is 18.0 Å². The molecule has 1 fully saturated rings. The van der Waals surface area contributed by atoms with Gasteiger partial charge in [-0.25, -0.2) is 4.79 Å². The van der Waals surface area contributed by atoms with E-state index in [1.807, 2.05) is 56.3 Å². The van der Waals surface area contributed by atoms with E-state index in [1.54, 1.807) is 19.3 Å². The molecule has 13 nitrogen and oxygen atoms in total. The normalized spacial score (nSPS) is 18.8. The zero-order valence-electron chi connectivity index (χ0n) is 23.8. The quantitative estimate of drug-likeness (QED) is 0.231. The number of aromatic nitrogens is 4. The van der Waals surface area contributed by atoms with Crippen molar-refractivity contribution in [3.05, 3.63) is 94.3 Å². The Balaban J connectivity index is 0.000000247. The van der Waals surface area contributed by atoms with Crippen LogP contribution in [0.4, 0.5) is 31.7 Å². The van der Waals surface area contributed by atoms with Crippen LogP contribution < -0.4 is 16.7 Å². The van der Waals surface area contributed by atoms with E-state index in [-0.39, 0.29) is 24.1 Å². The van der Waals surface area contributed by atoms with Gasteiger partial charge in [0.25, 0.3) is 5.91 Å². The highest BCUT2D eigenvalue weighted by Gasteiger charge is 2.59. The third-order valence-electron chi connectivity index (χ3n) is 6.56. The van der Waals surface area contributed by atoms with Crippen LogP contribution in [0.15, 0.2) is 82.0 Å². The van der Waals surface area contributed by atoms with Crippen LogP contribution >= 0.6 is 12.4 Å². The molecule has 0 aliphatic carbocycles. The molecule has 0 saturated carbocycles. The summed E-state index contributed by atoms with van der Waals surface area (Å²) in [7, 11) is 1.73. The number of nitrogens with one attached hydrogen (secondary N) is 1. The molecule has 1 saturated heterocycles. The molecule has 1 aliphatic rings. The predicted molar refractivity (Wildman–Crippen MR) is 160 cm³/mol. The van der Waals surface area contributed by atoms with Gasteiger partial charge in [0.2, 0.25) is 6.23 Å². The molecule has 0 bridgehead atoms. The van der Waals surface area contributed by atoms with Crippen molar-refractivity contribution in [1.82, 2.24) is 19.3 Å². The van der Waals surface area contributed by atoms with Gasteiger partial charge in [-0.2, -0.15) is 29.1 Å². The van der Waals surface area contributed by atoms with Gasteiger partial charge in [0.15, 0.2) is 6.10 Å². The molecule has 1 amide bonds. The van der Waals surface area contributed by atoms with Crippen molar-refractivity contribution in [1.29, 1.82) is 0 Å². The van der Waals surface area contributed by atoms with Gasteiger partial charge in [-0.3, -0.25) is 14.0 Å². The number of anilines is 2. The number of alkyl halides is 2. The minimum Gasteiger partial charge on any atom is -0.394 e. The lowest BCUT2D eigenvalue weighted by Gasteiger charge is -2.20. The third kappa shape index (κ3) is 7.49. The molecule has 0 radical (unpaired) electrons. The molecule has 0 spiro atoms. The molecule has 1 aliphatic heterocycles. The second-order valence-electron chi connectivity index (χ2n) is 9.65. The Kier molecular flexibility index (Phi) is 11.0. The van der Waals surface area contributed by atoms with E-state index < -0.39 is 36.7 Å². The molecule has 2 aromatic carbocycles. The Bertz CT molecular complexity index is 1700. The molecule has 2 aromatic heterocycles. The summed E-state index contributed by atoms with van der Waals surface area (Å²) in [5.41, 5.74) is 9.01. The number of carbonyl (C=O) groups is 1. The van der Waals surface area contributed by atoms with E-state index in [0.717, 1.165) is 40.5 Å². The number of rotatable bonds is 6. The minimum atomic E-state index is -3.71. The van der Waals surface area contributed by atoms with Crippen LogP contribution in [0, 0.1) is 13.8 Å². The van der Waals surface area contributed by atoms with Gasteiger partial charge < -0.3 is 26.0 Å². The van der Waals surface area contributed by atoms with E-state index in [1.165, 1.54) is 4.68 Å². The molecule has 3 unspecified atom stereocenters. The number of nitrogens with two attached hydrogens (primary N) is 1. The highest BCUT2D eigenvalue weighted by atomic mass is 35.5. The SMILES string of the molecule is Cc1ccccc1N=Nc1ccc(NC(=O)c2ccnn2C)c(C)c1.Cl.Nc1ccn(C2OC(CO)C(O)C2(F)F)c(=O)n1. The second-order valence-corrected chi connectivity index (χ2v) is 9.65. The van der Waals surface area contributed by atoms with Gasteiger partial charge >= 0.3 is 11.6 Å². The van der Waals surface area contributed by atoms with E-state index in [4.69, 9.17) is 15.6 Å². The topological polar surface area (TPSA) is 182 Å². The zero-order chi connectivity index (χ0) is 31.3. The summed E-state index contributed by atoms with van der Waals surface area (Å²) in [6, 6.07) is 16.2. The maximum atomic E-state index is 13.7. The summed E-state index contributed by atoms with van der Waals surface area (Å²) in [5, 5.41) is 33.6. The van der Waals surface area contributed by atoms with E-state index in [2.05, 4.69) is 25.6 Å². The molecular formula is C28H31ClF2N8O5. The van der Waals surface area contributed by atoms with E-state index in [9.17, 15) is 23.5 Å². The highest BCUT2D eigenvalue weighted by molar-refractivity contribution is 6.03. The van der Waals surface area contributed by atoms with Crippen molar-refractivity contribution < 1.29 is 28.5 Å². The summed E-state index contributed by atoms with van der Waals surface area (Å²) in [5.74, 6) is -4.02. The number of halogens is 3. The van der Waals surface area contributed by atoms with Crippen molar-refractivity contribution in [2.24, 2.45) is 17.3 Å². The number of hydrogen-bond donors (Lipinski definition) is 4. The van der Waals surface area contributed by atoms with Crippen molar-refractivity contribution in [2.45, 2.75) is 38.2 Å². The van der Waals surface area contributed by atoms with Crippen molar-refractivity contribution in [3.63, 3.8) is 0 Å². The zero-order valence-corrected chi connectivity index (χ0v) is 24.7. The number of benzene rings is 2. The third-order valence-corrected chi connectivity index (χ3v) is 6.56. The standard InChI is InChI=1S/C19H19N5O.C9H11F2N3O4.ClH/c1-13-6-4-5-7-17(13)23-22-15-8-9-16(14(2)12-15)21-19(25)18-10-11-20-24(18)3;10-9(11)6(16)4(3-15)18-7(9)14-2-1-5(12)13-8(14)17;/h4-12H,1-3H3,(H,21,25);1-2,4,6-7,15-16H,3H2,(H2,12,13,17);1H. The molecule has 5 rings (SSSR count). The fourth-order valence-electron chi connectivity index (χ4n) is 4.14. The lowest BCUT2D eigenvalue weighted by molar-refractivity contribution is -0.140. The first-order chi connectivity index (χ1) is 20.4. The van der Waals surface area contributed by atoms with Crippen LogP contribution in [0.2, 0.25) is 0 Å². The van der Waals surface area contributed by atoms with Crippen LogP contribution in [0.5, 0.6) is 0 Å². The number of amides is 1. The number of hydrogen-bond acceptors (Lipinski definition) is 10. The fourth-order valence-corrected chi connectivity index (χ4v) is 4.14. The Morgan fingerprint density at radius 1 is 1.14 bits per heavy atom. The maximum Gasteiger partial charge on any atom is 0.351 e. The Morgan fingerprint density at radius 2 is 1.86 bits per heavy atom. The first-order valence-corrected chi connectivity index (χ1v) is 13.0. The van der Waals surface area contributed by atoms with Crippen molar-refractivity contribution in [2.75, 3.05) is 17.7 Å². The number of nitrogen functional groups attached to an aromatic ring is 1. The fraction of sp³-hybridized carbons (Fsp3) is 0.286. The van der Waals surface area contributed by atoms with Gasteiger partial charge in [0, 0.05) is 25.1 Å². The molecule has 44 heavy (non-hydrogen) atoms. The summed E-state index contributed by atoms with van der Waals surface area (Å²) in [6.07, 6.45) is -3.09. The lowest BCUT2D eigenvalue weighted by Crippen LogP contribution is -2.41. The molecule has 234 valence electrons. The first kappa shape index (κ1) is 33.9. The highest BCUT2D eigenvalue weighted by Crippen LogP contribution is 2.41. The number of aliphatic hydroxyl groups excluding tert-OH is 2. The molecular weight excluding hydrogens is 602 g/mol. The second kappa shape index (κ2) is 14.3. The van der Waals surface area contributed by atoms with E-state index >= 15 is 0 Å². The van der Waals surface area contributed by atoms with Gasteiger partial charge in [-0.1, -0.05) is 18.2 Å². The van der Waals surface area contributed by atoms with Crippen molar-refractivity contribution in [3.8, 4) is 0 Å². The molecule has 3 heterocycles. The number of aryl methyl sites for hydroxylation is 3. The summed E-state index contributed by atoms with van der Waals surface area (Å²) in [4.78, 5) is 27.0. The largest absolute Gasteiger partial charge is 0.394 e. The number of ether oxygens (including phenoxy) is 1. The Morgan fingerprint density at radius 3 is 2.45 bits per heavy atom. The van der Waals surface area contributed by atoms with Gasteiger partial charge in [-0.05, 0) is 61.4 Å². The number of aliphatic hydroxyl groups is 2. The Hall–Kier alpha value is -4.57. The van der Waals surface area contributed by atoms with Gasteiger partial charge in [-0.15, -0.1) is 12.4 Å². The van der Waals surface area contributed by atoms with Crippen LogP contribution in [-0.2, 0) is 11.8 Å². The van der Waals surface area contributed by atoms with E-state index in [0.29, 0.717) is 10.3 Å². The van der Waals surface area contributed by atoms with Crippen molar-refractivity contribution >= 4 is 41.2 Å². The molecule has 16 heteroatoms. The number of carbonyl (C=O) groups excluding carboxylic acids is 1. The first-order valence-electron chi connectivity index (χ1n) is 13.0. The maximum absolute atomic E-state index is 13.7. The predicted octanol–water partition coefficient (Wildman–Crippen LogP) is 3.84. The summed E-state index contributed by atoms with van der Waals surface area (Å²) in [6.45, 7) is 3.13. The van der Waals surface area contributed by atoms with Crippen LogP contribution in [0.1, 0.15) is 27.8 Å². The smallest absolute Gasteiger partial charge is 0.351 e. The minimum absolute atomic E-state index is 0. The summed E-state index contributed by atoms with van der Waals surface area (Å²) < 4.78 is 34.2. The molecule has 5 N–H and O–H groups in total. The monoisotopic (exact) mass is 632 g/mol. The average molecular weight is 633 g/mol. The van der Waals surface area contributed by atoms with Gasteiger partial charge in [0.1, 0.15) is 17.6 Å². The van der Waals surface area contributed by atoms with Crippen LogP contribution in [-0.4, -0.2) is 60.2 Å². The Labute approximate surface area is 256 Å². The van der Waals surface area contributed by atoms with Crippen LogP contribution in [0.3, 0.4) is 0 Å². The lowest BCUT2D eigenvalue weighted by atomic mass is 10.1. The van der Waals surface area contributed by atoms with Crippen LogP contribution in [0.25, 0.3) is 0 Å². The summed E-state index contributed by atoms with van der Waals surface area (Å²) >= 11 is 0. The number of nitrogens with zero attached hydrogens (tertiary/aromatic N) is 6. The molecule has 4 aromatic rings.